The monoisotopic (exact) mass is 397 g/mol. The summed E-state index contributed by atoms with van der Waals surface area (Å²) in [5, 5.41) is 7.91. The molecule has 1 N–H and O–H groups in total. The zero-order valence-corrected chi connectivity index (χ0v) is 16.6. The van der Waals surface area contributed by atoms with Gasteiger partial charge in [-0.05, 0) is 50.5 Å². The van der Waals surface area contributed by atoms with E-state index in [9.17, 15) is 9.18 Å². The van der Waals surface area contributed by atoms with Crippen LogP contribution in [0.1, 0.15) is 33.1 Å². The lowest BCUT2D eigenvalue weighted by Crippen LogP contribution is -2.45. The summed E-state index contributed by atoms with van der Waals surface area (Å²) >= 11 is 0. The van der Waals surface area contributed by atoms with Crippen LogP contribution in [0.5, 0.6) is 0 Å². The molecule has 2 aromatic heterocycles. The summed E-state index contributed by atoms with van der Waals surface area (Å²) in [6.45, 7) is 5.42. The third kappa shape index (κ3) is 3.92. The Morgan fingerprint density at radius 1 is 1.34 bits per heavy atom. The maximum atomic E-state index is 13.3. The topological polar surface area (TPSA) is 84.2 Å². The average Bonchev–Trinajstić information content (AvgIpc) is 3.18. The van der Waals surface area contributed by atoms with E-state index in [0.29, 0.717) is 29.2 Å². The second kappa shape index (κ2) is 8.14. The van der Waals surface area contributed by atoms with Crippen LogP contribution in [0, 0.1) is 11.7 Å². The van der Waals surface area contributed by atoms with Gasteiger partial charge in [0.1, 0.15) is 29.0 Å². The number of piperidine rings is 1. The fourth-order valence-electron chi connectivity index (χ4n) is 3.66. The molecule has 8 heteroatoms. The molecule has 1 amide bonds. The van der Waals surface area contributed by atoms with Crippen LogP contribution in [0.25, 0.3) is 22.4 Å². The number of rotatable bonds is 5. The maximum Gasteiger partial charge on any atom is 0.263 e. The predicted molar refractivity (Wildman–Crippen MR) is 108 cm³/mol. The molecule has 0 bridgehead atoms. The van der Waals surface area contributed by atoms with E-state index in [1.807, 2.05) is 6.92 Å². The van der Waals surface area contributed by atoms with Crippen molar-refractivity contribution in [2.45, 2.75) is 39.2 Å². The normalized spacial score (nSPS) is 18.0. The molecule has 0 radical (unpaired) electrons. The number of fused-ring (bicyclic) bond motifs is 1. The van der Waals surface area contributed by atoms with E-state index in [1.54, 1.807) is 12.1 Å². The van der Waals surface area contributed by atoms with E-state index in [-0.39, 0.29) is 23.7 Å². The molecule has 0 saturated carbocycles. The molecule has 4 rings (SSSR count). The number of nitrogens with one attached hydrogen (secondary N) is 1. The highest BCUT2D eigenvalue weighted by atomic mass is 19.1. The Balaban J connectivity index is 1.66. The van der Waals surface area contributed by atoms with Gasteiger partial charge in [-0.25, -0.2) is 9.37 Å². The molecule has 1 aromatic carbocycles. The molecule has 152 valence electrons. The first-order valence-electron chi connectivity index (χ1n) is 9.98. The van der Waals surface area contributed by atoms with Crippen LogP contribution >= 0.6 is 0 Å². The summed E-state index contributed by atoms with van der Waals surface area (Å²) in [4.78, 5) is 23.4. The lowest BCUT2D eigenvalue weighted by molar-refractivity contribution is -0.125. The van der Waals surface area contributed by atoms with Gasteiger partial charge in [-0.15, -0.1) is 0 Å². The largest absolute Gasteiger partial charge is 0.355 e. The van der Waals surface area contributed by atoms with Gasteiger partial charge in [0, 0.05) is 24.7 Å². The molecule has 0 aliphatic carbocycles. The van der Waals surface area contributed by atoms with Crippen LogP contribution in [0.2, 0.25) is 0 Å². The van der Waals surface area contributed by atoms with Crippen LogP contribution in [0.15, 0.2) is 35.1 Å². The minimum atomic E-state index is -0.316. The minimum Gasteiger partial charge on any atom is -0.355 e. The molecule has 1 aliphatic heterocycles. The molecule has 2 atom stereocenters. The fourth-order valence-corrected chi connectivity index (χ4v) is 3.66. The Bertz CT molecular complexity index is 1000. The van der Waals surface area contributed by atoms with Crippen molar-refractivity contribution < 1.29 is 13.7 Å². The van der Waals surface area contributed by atoms with Crippen molar-refractivity contribution in [3.63, 3.8) is 0 Å². The molecule has 0 spiro atoms. The first-order chi connectivity index (χ1) is 14.1. The van der Waals surface area contributed by atoms with Crippen LogP contribution < -0.4 is 10.2 Å². The molecule has 3 heterocycles. The second-order valence-electron chi connectivity index (χ2n) is 7.52. The molecule has 3 aromatic rings. The summed E-state index contributed by atoms with van der Waals surface area (Å²) in [5.74, 6) is 0.358. The van der Waals surface area contributed by atoms with E-state index in [2.05, 4.69) is 32.3 Å². The summed E-state index contributed by atoms with van der Waals surface area (Å²) < 4.78 is 18.7. The molecule has 1 saturated heterocycles. The first kappa shape index (κ1) is 19.3. The third-order valence-electron chi connectivity index (χ3n) is 5.46. The molecule has 1 aliphatic rings. The van der Waals surface area contributed by atoms with Gasteiger partial charge in [-0.3, -0.25) is 4.79 Å². The van der Waals surface area contributed by atoms with Gasteiger partial charge in [0.2, 0.25) is 5.91 Å². The van der Waals surface area contributed by atoms with Crippen LogP contribution in [0.4, 0.5) is 10.2 Å². The highest BCUT2D eigenvalue weighted by Gasteiger charge is 2.29. The SMILES string of the molecule is CC[C@H](C)NC(=O)[C@H]1CCCN(c2ncnc3onc(-c4ccc(F)cc4)c23)C1. The van der Waals surface area contributed by atoms with Crippen molar-refractivity contribution >= 4 is 22.8 Å². The van der Waals surface area contributed by atoms with Crippen molar-refractivity contribution in [3.8, 4) is 11.3 Å². The van der Waals surface area contributed by atoms with Crippen molar-refractivity contribution in [3.05, 3.63) is 36.4 Å². The van der Waals surface area contributed by atoms with Crippen LogP contribution in [-0.2, 0) is 4.79 Å². The number of anilines is 1. The highest BCUT2D eigenvalue weighted by molar-refractivity contribution is 5.98. The Morgan fingerprint density at radius 3 is 2.90 bits per heavy atom. The first-order valence-corrected chi connectivity index (χ1v) is 9.98. The second-order valence-corrected chi connectivity index (χ2v) is 7.52. The van der Waals surface area contributed by atoms with Crippen molar-refractivity contribution in [2.24, 2.45) is 5.92 Å². The summed E-state index contributed by atoms with van der Waals surface area (Å²) in [6.07, 6.45) is 4.08. The maximum absolute atomic E-state index is 13.3. The number of aromatic nitrogens is 3. The van der Waals surface area contributed by atoms with Gasteiger partial charge in [0.15, 0.2) is 0 Å². The highest BCUT2D eigenvalue weighted by Crippen LogP contribution is 2.34. The van der Waals surface area contributed by atoms with Gasteiger partial charge in [0.25, 0.3) is 5.71 Å². The van der Waals surface area contributed by atoms with Gasteiger partial charge in [-0.2, -0.15) is 4.98 Å². The molecular formula is C21H24FN5O2. The predicted octanol–water partition coefficient (Wildman–Crippen LogP) is 3.56. The molecule has 7 nitrogen and oxygen atoms in total. The van der Waals surface area contributed by atoms with Crippen molar-refractivity contribution in [2.75, 3.05) is 18.0 Å². The zero-order valence-electron chi connectivity index (χ0n) is 16.6. The molecule has 29 heavy (non-hydrogen) atoms. The number of nitrogens with zero attached hydrogens (tertiary/aromatic N) is 4. The van der Waals surface area contributed by atoms with Gasteiger partial charge in [0.05, 0.1) is 5.92 Å². The number of carbonyl (C=O) groups excluding carboxylic acids is 1. The zero-order chi connectivity index (χ0) is 20.4. The number of benzene rings is 1. The van der Waals surface area contributed by atoms with E-state index in [0.717, 1.165) is 31.4 Å². The van der Waals surface area contributed by atoms with Crippen LogP contribution in [0.3, 0.4) is 0 Å². The summed E-state index contributed by atoms with van der Waals surface area (Å²) in [7, 11) is 0. The number of halogens is 1. The summed E-state index contributed by atoms with van der Waals surface area (Å²) in [5.41, 5.74) is 1.67. The molecule has 1 fully saturated rings. The Morgan fingerprint density at radius 2 is 2.14 bits per heavy atom. The van der Waals surface area contributed by atoms with Crippen LogP contribution in [-0.4, -0.2) is 40.2 Å². The van der Waals surface area contributed by atoms with E-state index in [1.165, 1.54) is 18.5 Å². The van der Waals surface area contributed by atoms with Gasteiger partial charge >= 0.3 is 0 Å². The average molecular weight is 397 g/mol. The smallest absolute Gasteiger partial charge is 0.263 e. The number of hydrogen-bond acceptors (Lipinski definition) is 6. The Labute approximate surface area is 168 Å². The molecule has 0 unspecified atom stereocenters. The van der Waals surface area contributed by atoms with Crippen molar-refractivity contribution in [1.82, 2.24) is 20.4 Å². The lowest BCUT2D eigenvalue weighted by atomic mass is 9.96. The van der Waals surface area contributed by atoms with Gasteiger partial charge < -0.3 is 14.7 Å². The molecular weight excluding hydrogens is 373 g/mol. The lowest BCUT2D eigenvalue weighted by Gasteiger charge is -2.33. The fraction of sp³-hybridized carbons (Fsp3) is 0.429. The van der Waals surface area contributed by atoms with E-state index >= 15 is 0 Å². The number of carbonyl (C=O) groups is 1. The number of hydrogen-bond donors (Lipinski definition) is 1. The third-order valence-corrected chi connectivity index (χ3v) is 5.46. The van der Waals surface area contributed by atoms with Gasteiger partial charge in [-0.1, -0.05) is 12.1 Å². The quantitative estimate of drug-likeness (QED) is 0.709. The number of amides is 1. The Hall–Kier alpha value is -3.03. The van der Waals surface area contributed by atoms with E-state index in [4.69, 9.17) is 4.52 Å². The summed E-state index contributed by atoms with van der Waals surface area (Å²) in [6, 6.07) is 6.24. The van der Waals surface area contributed by atoms with Crippen molar-refractivity contribution in [1.29, 1.82) is 0 Å². The van der Waals surface area contributed by atoms with E-state index < -0.39 is 0 Å². The minimum absolute atomic E-state index is 0.0819. The Kier molecular flexibility index (Phi) is 5.42. The standard InChI is InChI=1S/C21H24FN5O2/c1-3-13(2)25-20(28)15-5-4-10-27(11-15)19-17-18(14-6-8-16(22)9-7-14)26-29-21(17)24-12-23-19/h6-9,12-13,15H,3-5,10-11H2,1-2H3,(H,25,28)/t13-,15-/m0/s1.